The summed E-state index contributed by atoms with van der Waals surface area (Å²) in [6, 6.07) is 13.0. The molecule has 1 amide bonds. The molecule has 0 aromatic heterocycles. The normalized spacial score (nSPS) is 11.9. The van der Waals surface area contributed by atoms with E-state index in [1.165, 1.54) is 10.5 Å². The van der Waals surface area contributed by atoms with Crippen LogP contribution in [0.4, 0.5) is 0 Å². The van der Waals surface area contributed by atoms with Crippen LogP contribution in [0.15, 0.2) is 46.9 Å². The van der Waals surface area contributed by atoms with Crippen LogP contribution in [-0.4, -0.2) is 42.2 Å². The van der Waals surface area contributed by atoms with Gasteiger partial charge in [0.05, 0.1) is 0 Å². The summed E-state index contributed by atoms with van der Waals surface area (Å²) in [4.78, 5) is 13.8. The number of ether oxygens (including phenoxy) is 1. The Hall–Kier alpha value is -1.85. The number of amides is 1. The molecular formula is C19H22BrNO3. The van der Waals surface area contributed by atoms with Gasteiger partial charge in [-0.2, -0.15) is 0 Å². The summed E-state index contributed by atoms with van der Waals surface area (Å²) in [5.41, 5.74) is 2.78. The van der Waals surface area contributed by atoms with Gasteiger partial charge in [-0.25, -0.2) is 0 Å². The number of hydrogen-bond donors (Lipinski definition) is 1. The van der Waals surface area contributed by atoms with E-state index >= 15 is 0 Å². The molecule has 0 radical (unpaired) electrons. The molecule has 128 valence electrons. The van der Waals surface area contributed by atoms with Crippen LogP contribution in [0.3, 0.4) is 0 Å². The highest BCUT2D eigenvalue weighted by Crippen LogP contribution is 2.19. The summed E-state index contributed by atoms with van der Waals surface area (Å²) in [6.45, 7) is 4.34. The molecule has 5 heteroatoms. The van der Waals surface area contributed by atoms with Gasteiger partial charge in [0, 0.05) is 23.6 Å². The number of aryl methyl sites for hydroxylation is 2. The smallest absolute Gasteiger partial charge is 0.253 e. The summed E-state index contributed by atoms with van der Waals surface area (Å²) >= 11 is 3.34. The monoisotopic (exact) mass is 391 g/mol. The lowest BCUT2D eigenvalue weighted by Gasteiger charge is -2.21. The van der Waals surface area contributed by atoms with Gasteiger partial charge >= 0.3 is 0 Å². The first-order valence-electron chi connectivity index (χ1n) is 7.76. The third-order valence-corrected chi connectivity index (χ3v) is 4.21. The number of benzene rings is 2. The van der Waals surface area contributed by atoms with Crippen molar-refractivity contribution in [3.05, 3.63) is 63.6 Å². The predicted molar refractivity (Wildman–Crippen MR) is 98.5 cm³/mol. The fraction of sp³-hybridized carbons (Fsp3) is 0.316. The van der Waals surface area contributed by atoms with E-state index in [9.17, 15) is 9.90 Å². The molecule has 1 N–H and O–H groups in total. The van der Waals surface area contributed by atoms with Gasteiger partial charge in [0.15, 0.2) is 0 Å². The molecule has 0 bridgehead atoms. The number of hydrogen-bond acceptors (Lipinski definition) is 3. The lowest BCUT2D eigenvalue weighted by atomic mass is 10.1. The van der Waals surface area contributed by atoms with Crippen molar-refractivity contribution in [2.75, 3.05) is 20.2 Å². The molecule has 0 fully saturated rings. The van der Waals surface area contributed by atoms with E-state index in [0.717, 1.165) is 15.8 Å². The molecule has 0 unspecified atom stereocenters. The van der Waals surface area contributed by atoms with Crippen molar-refractivity contribution in [1.82, 2.24) is 4.90 Å². The molecule has 2 rings (SSSR count). The highest BCUT2D eigenvalue weighted by Gasteiger charge is 2.16. The molecule has 0 spiro atoms. The van der Waals surface area contributed by atoms with Crippen molar-refractivity contribution in [3.8, 4) is 5.75 Å². The summed E-state index contributed by atoms with van der Waals surface area (Å²) < 4.78 is 6.58. The van der Waals surface area contributed by atoms with E-state index in [-0.39, 0.29) is 19.1 Å². The minimum absolute atomic E-state index is 0.131. The third kappa shape index (κ3) is 5.08. The van der Waals surface area contributed by atoms with E-state index in [4.69, 9.17) is 4.74 Å². The van der Waals surface area contributed by atoms with Gasteiger partial charge in [-0.1, -0.05) is 33.6 Å². The molecule has 0 aliphatic rings. The summed E-state index contributed by atoms with van der Waals surface area (Å²) in [5, 5.41) is 10.1. The number of likely N-dealkylation sites (N-methyl/N-ethyl adjacent to an activating group) is 1. The van der Waals surface area contributed by atoms with Crippen molar-refractivity contribution in [2.24, 2.45) is 0 Å². The maximum absolute atomic E-state index is 12.3. The molecule has 2 aromatic rings. The fourth-order valence-corrected chi connectivity index (χ4v) is 2.68. The summed E-state index contributed by atoms with van der Waals surface area (Å²) in [5.74, 6) is 0.620. The van der Waals surface area contributed by atoms with E-state index < -0.39 is 6.10 Å². The summed E-state index contributed by atoms with van der Waals surface area (Å²) in [6.07, 6.45) is -0.755. The number of halogens is 1. The molecular weight excluding hydrogens is 370 g/mol. The molecule has 2 aromatic carbocycles. The molecule has 0 heterocycles. The van der Waals surface area contributed by atoms with Crippen LogP contribution in [0.1, 0.15) is 21.5 Å². The maximum Gasteiger partial charge on any atom is 0.253 e. The SMILES string of the molecule is Cc1ccc(OC[C@H](O)CN(C)C(=O)c2ccc(Br)cc2)c(C)c1. The van der Waals surface area contributed by atoms with Gasteiger partial charge < -0.3 is 14.7 Å². The highest BCUT2D eigenvalue weighted by molar-refractivity contribution is 9.10. The van der Waals surface area contributed by atoms with Crippen LogP contribution < -0.4 is 4.74 Å². The summed E-state index contributed by atoms with van der Waals surface area (Å²) in [7, 11) is 1.67. The number of nitrogens with zero attached hydrogens (tertiary/aromatic N) is 1. The van der Waals surface area contributed by atoms with Gasteiger partial charge in [0.2, 0.25) is 0 Å². The van der Waals surface area contributed by atoms with Crippen LogP contribution in [0.25, 0.3) is 0 Å². The lowest BCUT2D eigenvalue weighted by Crippen LogP contribution is -2.37. The predicted octanol–water partition coefficient (Wildman–Crippen LogP) is 3.58. The first kappa shape index (κ1) is 18.5. The molecule has 0 saturated carbocycles. The zero-order valence-electron chi connectivity index (χ0n) is 14.1. The number of rotatable bonds is 6. The molecule has 0 aliphatic carbocycles. The maximum atomic E-state index is 12.3. The van der Waals surface area contributed by atoms with Gasteiger partial charge in [-0.3, -0.25) is 4.79 Å². The number of carbonyl (C=O) groups is 1. The van der Waals surface area contributed by atoms with Gasteiger partial charge in [-0.05, 0) is 49.7 Å². The van der Waals surface area contributed by atoms with Crippen molar-refractivity contribution < 1.29 is 14.6 Å². The standard InChI is InChI=1S/C19H22BrNO3/c1-13-4-9-18(14(2)10-13)24-12-17(22)11-21(3)19(23)15-5-7-16(20)8-6-15/h4-10,17,22H,11-12H2,1-3H3/t17-/m1/s1. The van der Waals surface area contributed by atoms with E-state index in [1.807, 2.05) is 44.2 Å². The first-order chi connectivity index (χ1) is 11.4. The Morgan fingerprint density at radius 3 is 2.50 bits per heavy atom. The van der Waals surface area contributed by atoms with Gasteiger partial charge in [-0.15, -0.1) is 0 Å². The Labute approximate surface area is 151 Å². The van der Waals surface area contributed by atoms with E-state index in [0.29, 0.717) is 5.56 Å². The molecule has 4 nitrogen and oxygen atoms in total. The second kappa shape index (κ2) is 8.31. The first-order valence-corrected chi connectivity index (χ1v) is 8.55. The van der Waals surface area contributed by atoms with Crippen LogP contribution in [0, 0.1) is 13.8 Å². The van der Waals surface area contributed by atoms with Crippen molar-refractivity contribution >= 4 is 21.8 Å². The van der Waals surface area contributed by atoms with E-state index in [1.54, 1.807) is 19.2 Å². The Kier molecular flexibility index (Phi) is 6.40. The van der Waals surface area contributed by atoms with Crippen LogP contribution in [0.2, 0.25) is 0 Å². The highest BCUT2D eigenvalue weighted by atomic mass is 79.9. The second-order valence-corrected chi connectivity index (χ2v) is 6.84. The van der Waals surface area contributed by atoms with Crippen molar-refractivity contribution in [3.63, 3.8) is 0 Å². The zero-order valence-corrected chi connectivity index (χ0v) is 15.7. The lowest BCUT2D eigenvalue weighted by molar-refractivity contribution is 0.0562. The van der Waals surface area contributed by atoms with Crippen LogP contribution in [0.5, 0.6) is 5.75 Å². The van der Waals surface area contributed by atoms with Gasteiger partial charge in [0.25, 0.3) is 5.91 Å². The topological polar surface area (TPSA) is 49.8 Å². The number of carbonyl (C=O) groups excluding carboxylic acids is 1. The van der Waals surface area contributed by atoms with Crippen LogP contribution >= 0.6 is 15.9 Å². The zero-order chi connectivity index (χ0) is 17.7. The Balaban J connectivity index is 1.88. The van der Waals surface area contributed by atoms with Crippen LogP contribution in [-0.2, 0) is 0 Å². The Morgan fingerprint density at radius 1 is 1.21 bits per heavy atom. The number of aliphatic hydroxyl groups excluding tert-OH is 1. The van der Waals surface area contributed by atoms with Crippen molar-refractivity contribution in [2.45, 2.75) is 20.0 Å². The number of aliphatic hydroxyl groups is 1. The fourth-order valence-electron chi connectivity index (χ4n) is 2.41. The average Bonchev–Trinajstić information content (AvgIpc) is 2.54. The molecule has 1 atom stereocenters. The largest absolute Gasteiger partial charge is 0.491 e. The Morgan fingerprint density at radius 2 is 1.88 bits per heavy atom. The molecule has 24 heavy (non-hydrogen) atoms. The van der Waals surface area contributed by atoms with E-state index in [2.05, 4.69) is 15.9 Å². The Bertz CT molecular complexity index is 700. The van der Waals surface area contributed by atoms with Crippen molar-refractivity contribution in [1.29, 1.82) is 0 Å². The quantitative estimate of drug-likeness (QED) is 0.818. The minimum atomic E-state index is -0.755. The molecule has 0 aliphatic heterocycles. The second-order valence-electron chi connectivity index (χ2n) is 5.93. The third-order valence-electron chi connectivity index (χ3n) is 3.68. The van der Waals surface area contributed by atoms with Gasteiger partial charge in [0.1, 0.15) is 18.5 Å². The molecule has 0 saturated heterocycles. The average molecular weight is 392 g/mol. The minimum Gasteiger partial charge on any atom is -0.491 e.